The zero-order chi connectivity index (χ0) is 19.4. The van der Waals surface area contributed by atoms with Crippen molar-refractivity contribution in [1.82, 2.24) is 0 Å². The smallest absolute Gasteiger partial charge is 0.342 e. The van der Waals surface area contributed by atoms with Crippen molar-refractivity contribution in [2.24, 2.45) is 0 Å². The van der Waals surface area contributed by atoms with E-state index in [1.165, 1.54) is 0 Å². The summed E-state index contributed by atoms with van der Waals surface area (Å²) in [7, 11) is 0. The number of anilines is 2. The Kier molecular flexibility index (Phi) is 3.38. The number of rotatable bonds is 1. The van der Waals surface area contributed by atoms with Crippen LogP contribution in [-0.2, 0) is 0 Å². The van der Waals surface area contributed by atoms with Gasteiger partial charge in [0.1, 0.15) is 5.58 Å². The van der Waals surface area contributed by atoms with Gasteiger partial charge in [0.2, 0.25) is 0 Å². The van der Waals surface area contributed by atoms with E-state index in [9.17, 15) is 4.79 Å². The van der Waals surface area contributed by atoms with Crippen LogP contribution in [0.3, 0.4) is 0 Å². The molecule has 4 aromatic carbocycles. The van der Waals surface area contributed by atoms with Gasteiger partial charge in [0.15, 0.2) is 0 Å². The Morgan fingerprint density at radius 2 is 1.41 bits per heavy atom. The molecule has 1 unspecified atom stereocenters. The van der Waals surface area contributed by atoms with Crippen molar-refractivity contribution in [1.29, 1.82) is 0 Å². The van der Waals surface area contributed by atoms with Gasteiger partial charge in [-0.05, 0) is 40.1 Å². The molecule has 2 heterocycles. The number of benzene rings is 4. The van der Waals surface area contributed by atoms with Crippen molar-refractivity contribution in [2.45, 2.75) is 5.92 Å². The summed E-state index contributed by atoms with van der Waals surface area (Å²) in [5.41, 5.74) is 5.03. The summed E-state index contributed by atoms with van der Waals surface area (Å²) in [6.45, 7) is 0. The fourth-order valence-electron chi connectivity index (χ4n) is 4.53. The van der Waals surface area contributed by atoms with Crippen molar-refractivity contribution in [3.8, 4) is 0 Å². The highest BCUT2D eigenvalue weighted by atomic mass is 16.4. The summed E-state index contributed by atoms with van der Waals surface area (Å²) in [6, 6.07) is 30.4. The third-order valence-electron chi connectivity index (χ3n) is 5.79. The summed E-state index contributed by atoms with van der Waals surface area (Å²) in [6.07, 6.45) is 0. The molecular weight excluding hydrogens is 358 g/mol. The molecule has 3 heteroatoms. The van der Waals surface area contributed by atoms with E-state index >= 15 is 0 Å². The van der Waals surface area contributed by atoms with Gasteiger partial charge in [-0.25, -0.2) is 4.79 Å². The molecule has 138 valence electrons. The minimum atomic E-state index is -0.293. The molecule has 0 bridgehead atoms. The first kappa shape index (κ1) is 16.1. The molecule has 6 rings (SSSR count). The largest absolute Gasteiger partial charge is 0.422 e. The minimum Gasteiger partial charge on any atom is -0.422 e. The van der Waals surface area contributed by atoms with Crippen molar-refractivity contribution < 1.29 is 4.42 Å². The zero-order valence-corrected chi connectivity index (χ0v) is 15.6. The lowest BCUT2D eigenvalue weighted by Crippen LogP contribution is -2.22. The Morgan fingerprint density at radius 1 is 0.690 bits per heavy atom. The molecule has 0 radical (unpaired) electrons. The predicted molar refractivity (Wildman–Crippen MR) is 117 cm³/mol. The first-order chi connectivity index (χ1) is 14.3. The quantitative estimate of drug-likeness (QED) is 0.349. The third kappa shape index (κ3) is 2.34. The number of fused-ring (bicyclic) bond motifs is 6. The van der Waals surface area contributed by atoms with Gasteiger partial charge in [-0.2, -0.15) is 0 Å². The van der Waals surface area contributed by atoms with E-state index in [1.807, 2.05) is 54.6 Å². The van der Waals surface area contributed by atoms with Crippen LogP contribution in [0.15, 0.2) is 100 Å². The third-order valence-corrected chi connectivity index (χ3v) is 5.79. The van der Waals surface area contributed by atoms with E-state index in [-0.39, 0.29) is 11.5 Å². The van der Waals surface area contributed by atoms with E-state index in [4.69, 9.17) is 4.42 Å². The fourth-order valence-corrected chi connectivity index (χ4v) is 4.53. The van der Waals surface area contributed by atoms with E-state index < -0.39 is 0 Å². The molecule has 1 atom stereocenters. The lowest BCUT2D eigenvalue weighted by Gasteiger charge is -2.30. The second-order valence-corrected chi connectivity index (χ2v) is 7.39. The number of nitrogens with one attached hydrogen (secondary N) is 1. The number of hydrogen-bond acceptors (Lipinski definition) is 3. The second-order valence-electron chi connectivity index (χ2n) is 7.39. The monoisotopic (exact) mass is 375 g/mol. The van der Waals surface area contributed by atoms with Gasteiger partial charge in [-0.3, -0.25) is 0 Å². The first-order valence-electron chi connectivity index (χ1n) is 9.70. The molecule has 1 aromatic heterocycles. The van der Waals surface area contributed by atoms with Crippen molar-refractivity contribution in [3.05, 3.63) is 118 Å². The Balaban J connectivity index is 1.78. The van der Waals surface area contributed by atoms with Gasteiger partial charge >= 0.3 is 5.63 Å². The average molecular weight is 375 g/mol. The molecule has 3 nitrogen and oxygen atoms in total. The number of hydrogen-bond donors (Lipinski definition) is 1. The topological polar surface area (TPSA) is 42.2 Å². The van der Waals surface area contributed by atoms with Crippen LogP contribution in [0.4, 0.5) is 11.4 Å². The maximum Gasteiger partial charge on any atom is 0.342 e. The summed E-state index contributed by atoms with van der Waals surface area (Å²) in [4.78, 5) is 13.2. The summed E-state index contributed by atoms with van der Waals surface area (Å²) >= 11 is 0. The molecule has 0 spiro atoms. The molecule has 1 aliphatic rings. The van der Waals surface area contributed by atoms with Crippen molar-refractivity contribution in [3.63, 3.8) is 0 Å². The Morgan fingerprint density at radius 3 is 2.28 bits per heavy atom. The van der Waals surface area contributed by atoms with E-state index in [0.29, 0.717) is 11.1 Å². The lowest BCUT2D eigenvalue weighted by atomic mass is 9.79. The molecule has 0 fully saturated rings. The molecule has 5 aromatic rings. The van der Waals surface area contributed by atoms with Crippen LogP contribution in [0.25, 0.3) is 21.7 Å². The van der Waals surface area contributed by atoms with Gasteiger partial charge in [-0.15, -0.1) is 0 Å². The SMILES string of the molecule is O=c1oc2ccccc2c2c1C(c1ccccc1)c1c(ccc3ccccc13)N2. The van der Waals surface area contributed by atoms with Gasteiger partial charge < -0.3 is 9.73 Å². The van der Waals surface area contributed by atoms with Crippen LogP contribution in [0, 0.1) is 0 Å². The molecule has 1 aliphatic heterocycles. The zero-order valence-electron chi connectivity index (χ0n) is 15.6. The molecular formula is C26H17NO2. The van der Waals surface area contributed by atoms with Crippen LogP contribution in [-0.4, -0.2) is 0 Å². The maximum atomic E-state index is 13.2. The van der Waals surface area contributed by atoms with Gasteiger partial charge in [-0.1, -0.05) is 72.8 Å². The summed E-state index contributed by atoms with van der Waals surface area (Å²) < 4.78 is 5.74. The van der Waals surface area contributed by atoms with Crippen LogP contribution >= 0.6 is 0 Å². The summed E-state index contributed by atoms with van der Waals surface area (Å²) in [5, 5.41) is 6.77. The Bertz CT molecular complexity index is 1450. The van der Waals surface area contributed by atoms with E-state index in [1.54, 1.807) is 0 Å². The van der Waals surface area contributed by atoms with E-state index in [2.05, 4.69) is 41.7 Å². The molecule has 0 saturated carbocycles. The Hall–Kier alpha value is -3.85. The summed E-state index contributed by atoms with van der Waals surface area (Å²) in [5.74, 6) is -0.200. The minimum absolute atomic E-state index is 0.200. The highest BCUT2D eigenvalue weighted by molar-refractivity contribution is 6.00. The number of para-hydroxylation sites is 1. The predicted octanol–water partition coefficient (Wildman–Crippen LogP) is 6.18. The Labute approximate surface area is 167 Å². The first-order valence-corrected chi connectivity index (χ1v) is 9.70. The molecule has 29 heavy (non-hydrogen) atoms. The van der Waals surface area contributed by atoms with Crippen LogP contribution in [0.1, 0.15) is 22.6 Å². The molecule has 0 aliphatic carbocycles. The van der Waals surface area contributed by atoms with Crippen LogP contribution < -0.4 is 10.9 Å². The van der Waals surface area contributed by atoms with Gasteiger partial charge in [0.05, 0.1) is 11.3 Å². The van der Waals surface area contributed by atoms with E-state index in [0.717, 1.165) is 38.7 Å². The van der Waals surface area contributed by atoms with Crippen molar-refractivity contribution in [2.75, 3.05) is 5.32 Å². The van der Waals surface area contributed by atoms with Gasteiger partial charge in [0, 0.05) is 17.0 Å². The lowest BCUT2D eigenvalue weighted by molar-refractivity contribution is 0.549. The molecule has 1 N–H and O–H groups in total. The van der Waals surface area contributed by atoms with Crippen LogP contribution in [0.2, 0.25) is 0 Å². The fraction of sp³-hybridized carbons (Fsp3) is 0.0385. The second kappa shape index (κ2) is 6.08. The van der Waals surface area contributed by atoms with Gasteiger partial charge in [0.25, 0.3) is 0 Å². The maximum absolute atomic E-state index is 13.2. The average Bonchev–Trinajstić information content (AvgIpc) is 2.78. The normalized spacial score (nSPS) is 15.0. The van der Waals surface area contributed by atoms with Crippen LogP contribution in [0.5, 0.6) is 0 Å². The highest BCUT2D eigenvalue weighted by Gasteiger charge is 2.33. The standard InChI is InChI=1S/C26H17NO2/c28-26-24-22(17-9-2-1-3-10-17)23-18-11-5-4-8-16(18)14-15-20(23)27-25(24)19-12-6-7-13-21(19)29-26/h1-15,22,27H. The molecule has 0 amide bonds. The molecule has 0 saturated heterocycles. The van der Waals surface area contributed by atoms with Crippen molar-refractivity contribution >= 4 is 33.1 Å². The highest BCUT2D eigenvalue weighted by Crippen LogP contribution is 2.48.